The molecule has 1 aromatic rings. The van der Waals surface area contributed by atoms with Crippen molar-refractivity contribution in [2.45, 2.75) is 85.3 Å². The molecule has 4 N–H and O–H groups in total. The van der Waals surface area contributed by atoms with Crippen molar-refractivity contribution >= 4 is 12.4 Å². The van der Waals surface area contributed by atoms with E-state index in [-0.39, 0.29) is 28.7 Å². The summed E-state index contributed by atoms with van der Waals surface area (Å²) in [4.78, 5) is 0. The number of nitrogens with two attached hydrogens (primary N) is 1. The van der Waals surface area contributed by atoms with E-state index in [1.165, 1.54) is 0 Å². The summed E-state index contributed by atoms with van der Waals surface area (Å²) in [5, 5.41) is 21.3. The molecule has 0 fully saturated rings. The molecule has 0 aliphatic heterocycles. The summed E-state index contributed by atoms with van der Waals surface area (Å²) in [5.41, 5.74) is 8.28. The lowest BCUT2D eigenvalue weighted by Gasteiger charge is -2.33. The maximum atomic E-state index is 10.8. The van der Waals surface area contributed by atoms with Crippen LogP contribution in [0.25, 0.3) is 0 Å². The van der Waals surface area contributed by atoms with Gasteiger partial charge in [0.1, 0.15) is 5.75 Å². The van der Waals surface area contributed by atoms with Crippen LogP contribution in [0, 0.1) is 5.41 Å². The fraction of sp³-hybridized carbons (Fsp3) is 0.700. The van der Waals surface area contributed by atoms with Gasteiger partial charge >= 0.3 is 0 Å². The van der Waals surface area contributed by atoms with Gasteiger partial charge in [0.05, 0.1) is 12.1 Å². The summed E-state index contributed by atoms with van der Waals surface area (Å²) in [7, 11) is 0. The normalized spacial score (nSPS) is 15.6. The number of aliphatic hydroxyl groups excluding tert-OH is 1. The highest BCUT2D eigenvalue weighted by Gasteiger charge is 2.32. The van der Waals surface area contributed by atoms with E-state index in [1.54, 1.807) is 0 Å². The van der Waals surface area contributed by atoms with Crippen LogP contribution in [0.5, 0.6) is 5.75 Å². The van der Waals surface area contributed by atoms with E-state index in [4.69, 9.17) is 5.73 Å². The molecule has 0 unspecified atom stereocenters. The second-order valence-electron chi connectivity index (χ2n) is 9.80. The fourth-order valence-corrected chi connectivity index (χ4v) is 2.71. The Morgan fingerprint density at radius 2 is 1.17 bits per heavy atom. The Hall–Kier alpha value is -0.770. The number of hydrogen-bond donors (Lipinski definition) is 3. The van der Waals surface area contributed by atoms with Crippen molar-refractivity contribution in [1.29, 1.82) is 0 Å². The molecule has 0 heterocycles. The summed E-state index contributed by atoms with van der Waals surface area (Å²) in [6, 6.07) is 3.41. The third-order valence-corrected chi connectivity index (χ3v) is 4.36. The fourth-order valence-electron chi connectivity index (χ4n) is 2.71. The minimum Gasteiger partial charge on any atom is -0.507 e. The summed E-state index contributed by atoms with van der Waals surface area (Å²) < 4.78 is 0. The number of aliphatic hydroxyl groups is 1. The predicted molar refractivity (Wildman–Crippen MR) is 105 cm³/mol. The van der Waals surface area contributed by atoms with Crippen LogP contribution in [0.1, 0.15) is 85.0 Å². The van der Waals surface area contributed by atoms with Crippen LogP contribution in [-0.2, 0) is 10.8 Å². The lowest BCUT2D eigenvalue weighted by Crippen LogP contribution is -2.37. The molecule has 24 heavy (non-hydrogen) atoms. The van der Waals surface area contributed by atoms with Crippen molar-refractivity contribution < 1.29 is 10.2 Å². The van der Waals surface area contributed by atoms with Gasteiger partial charge in [0, 0.05) is 0 Å². The van der Waals surface area contributed by atoms with Crippen molar-refractivity contribution in [2.75, 3.05) is 0 Å². The van der Waals surface area contributed by atoms with Crippen LogP contribution in [0.3, 0.4) is 0 Å². The Labute approximate surface area is 154 Å². The van der Waals surface area contributed by atoms with Gasteiger partial charge in [0.2, 0.25) is 0 Å². The molecule has 140 valence electrons. The quantitative estimate of drug-likeness (QED) is 0.711. The van der Waals surface area contributed by atoms with Crippen molar-refractivity contribution in [3.05, 3.63) is 28.8 Å². The number of aromatic hydroxyl groups is 1. The summed E-state index contributed by atoms with van der Waals surface area (Å²) in [6.07, 6.45) is -0.660. The minimum absolute atomic E-state index is 0. The van der Waals surface area contributed by atoms with Gasteiger partial charge < -0.3 is 15.9 Å². The first kappa shape index (κ1) is 23.2. The number of hydrogen-bond acceptors (Lipinski definition) is 3. The molecule has 0 aromatic heterocycles. The van der Waals surface area contributed by atoms with Gasteiger partial charge in [-0.25, -0.2) is 0 Å². The lowest BCUT2D eigenvalue weighted by molar-refractivity contribution is 0.0400. The predicted octanol–water partition coefficient (Wildman–Crippen LogP) is 4.82. The monoisotopic (exact) mass is 357 g/mol. The maximum Gasteiger partial charge on any atom is 0.123 e. The molecular weight excluding hydrogens is 322 g/mol. The second kappa shape index (κ2) is 7.23. The molecule has 1 rings (SSSR count). The first-order valence-electron chi connectivity index (χ1n) is 8.38. The molecule has 3 nitrogen and oxygen atoms in total. The minimum atomic E-state index is -0.660. The van der Waals surface area contributed by atoms with Crippen LogP contribution in [-0.4, -0.2) is 16.3 Å². The van der Waals surface area contributed by atoms with Crippen LogP contribution in [0.15, 0.2) is 12.1 Å². The molecule has 2 atom stereocenters. The average molecular weight is 358 g/mol. The van der Waals surface area contributed by atoms with Gasteiger partial charge in [-0.2, -0.15) is 0 Å². The molecule has 0 saturated carbocycles. The second-order valence-corrected chi connectivity index (χ2v) is 9.80. The van der Waals surface area contributed by atoms with E-state index in [0.29, 0.717) is 5.75 Å². The zero-order valence-corrected chi connectivity index (χ0v) is 17.5. The molecule has 0 aliphatic carbocycles. The van der Waals surface area contributed by atoms with E-state index in [9.17, 15) is 10.2 Å². The van der Waals surface area contributed by atoms with Crippen LogP contribution in [0.4, 0.5) is 0 Å². The average Bonchev–Trinajstić information content (AvgIpc) is 2.33. The molecule has 1 aromatic carbocycles. The van der Waals surface area contributed by atoms with E-state index in [2.05, 4.69) is 41.5 Å². The van der Waals surface area contributed by atoms with Crippen molar-refractivity contribution in [3.63, 3.8) is 0 Å². The van der Waals surface area contributed by atoms with E-state index in [0.717, 1.165) is 16.7 Å². The molecular formula is C20H36ClNO2. The van der Waals surface area contributed by atoms with Crippen LogP contribution in [0.2, 0.25) is 0 Å². The van der Waals surface area contributed by atoms with E-state index < -0.39 is 12.1 Å². The van der Waals surface area contributed by atoms with Gasteiger partial charge in [-0.05, 0) is 45.1 Å². The number of benzene rings is 1. The topological polar surface area (TPSA) is 66.5 Å². The number of halogens is 1. The standard InChI is InChI=1S/C20H35NO2.ClH/c1-18(2,3)13-10-12(15(21)17(23)20(7,8)9)11-14(16(13)22)19(4,5)6;/h10-11,15,17,22-23H,21H2,1-9H3;1H/t15-,17-;/m0./s1. The molecule has 4 heteroatoms. The Bertz CT molecular complexity index is 527. The zero-order valence-electron chi connectivity index (χ0n) is 16.7. The first-order chi connectivity index (χ1) is 10.1. The van der Waals surface area contributed by atoms with Crippen LogP contribution >= 0.6 is 12.4 Å². The Morgan fingerprint density at radius 1 is 0.833 bits per heavy atom. The molecule has 0 bridgehead atoms. The third kappa shape index (κ3) is 5.11. The highest BCUT2D eigenvalue weighted by atomic mass is 35.5. The Balaban J connectivity index is 0.00000529. The SMILES string of the molecule is CC(C)(C)c1cc([C@H](N)[C@H](O)C(C)(C)C)cc(C(C)(C)C)c1O.Cl. The first-order valence-corrected chi connectivity index (χ1v) is 8.38. The smallest absolute Gasteiger partial charge is 0.123 e. The molecule has 0 radical (unpaired) electrons. The summed E-state index contributed by atoms with van der Waals surface area (Å²) in [5.74, 6) is 0.339. The third-order valence-electron chi connectivity index (χ3n) is 4.36. The van der Waals surface area contributed by atoms with Crippen molar-refractivity contribution in [2.24, 2.45) is 11.1 Å². The van der Waals surface area contributed by atoms with Gasteiger partial charge in [-0.15, -0.1) is 12.4 Å². The Morgan fingerprint density at radius 3 is 1.42 bits per heavy atom. The largest absolute Gasteiger partial charge is 0.507 e. The number of phenols is 1. The van der Waals surface area contributed by atoms with Gasteiger partial charge in [0.15, 0.2) is 0 Å². The highest BCUT2D eigenvalue weighted by molar-refractivity contribution is 5.85. The van der Waals surface area contributed by atoms with Gasteiger partial charge in [0.25, 0.3) is 0 Å². The van der Waals surface area contributed by atoms with Crippen molar-refractivity contribution in [3.8, 4) is 5.75 Å². The molecule has 0 spiro atoms. The zero-order chi connectivity index (χ0) is 18.4. The Kier molecular flexibility index (Phi) is 7.00. The number of phenolic OH excluding ortho intramolecular Hbond substituents is 1. The van der Waals surface area contributed by atoms with E-state index >= 15 is 0 Å². The maximum absolute atomic E-state index is 10.8. The molecule has 0 aliphatic rings. The number of rotatable bonds is 2. The molecule has 0 amide bonds. The van der Waals surface area contributed by atoms with Crippen molar-refractivity contribution in [1.82, 2.24) is 0 Å². The van der Waals surface area contributed by atoms with Crippen LogP contribution < -0.4 is 5.73 Å². The van der Waals surface area contributed by atoms with E-state index in [1.807, 2.05) is 32.9 Å². The van der Waals surface area contributed by atoms with Gasteiger partial charge in [-0.1, -0.05) is 62.3 Å². The van der Waals surface area contributed by atoms with Gasteiger partial charge in [-0.3, -0.25) is 0 Å². The highest BCUT2D eigenvalue weighted by Crippen LogP contribution is 2.41. The summed E-state index contributed by atoms with van der Waals surface area (Å²) >= 11 is 0. The molecule has 0 saturated heterocycles. The lowest BCUT2D eigenvalue weighted by atomic mass is 9.76. The summed E-state index contributed by atoms with van der Waals surface area (Å²) in [6.45, 7) is 18.4.